The van der Waals surface area contributed by atoms with Gasteiger partial charge in [-0.05, 0) is 38.5 Å². The van der Waals surface area contributed by atoms with Crippen LogP contribution in [0.2, 0.25) is 0 Å². The van der Waals surface area contributed by atoms with Gasteiger partial charge in [0.25, 0.3) is 0 Å². The number of rotatable bonds is 7. The van der Waals surface area contributed by atoms with E-state index in [0.717, 1.165) is 12.2 Å². The summed E-state index contributed by atoms with van der Waals surface area (Å²) in [6, 6.07) is 5.74. The third kappa shape index (κ3) is 4.87. The highest BCUT2D eigenvalue weighted by Crippen LogP contribution is 2.15. The van der Waals surface area contributed by atoms with Gasteiger partial charge in [-0.15, -0.1) is 0 Å². The van der Waals surface area contributed by atoms with Crippen LogP contribution < -0.4 is 10.6 Å². The van der Waals surface area contributed by atoms with E-state index in [2.05, 4.69) is 0 Å². The summed E-state index contributed by atoms with van der Waals surface area (Å²) in [6.45, 7) is 5.35. The molecule has 0 aliphatic heterocycles. The van der Waals surface area contributed by atoms with Crippen molar-refractivity contribution in [2.45, 2.75) is 26.3 Å². The topological polar surface area (TPSA) is 55.6 Å². The maximum absolute atomic E-state index is 13.2. The predicted molar refractivity (Wildman–Crippen MR) is 73.5 cm³/mol. The predicted octanol–water partition coefficient (Wildman–Crippen LogP) is 1.93. The quantitative estimate of drug-likeness (QED) is 0.768. The van der Waals surface area contributed by atoms with Crippen molar-refractivity contribution in [3.05, 3.63) is 30.1 Å². The summed E-state index contributed by atoms with van der Waals surface area (Å²) in [5.41, 5.74) is 6.53. The molecule has 0 heterocycles. The van der Waals surface area contributed by atoms with Crippen molar-refractivity contribution in [1.29, 1.82) is 0 Å². The van der Waals surface area contributed by atoms with E-state index >= 15 is 0 Å². The zero-order chi connectivity index (χ0) is 14.3. The van der Waals surface area contributed by atoms with Gasteiger partial charge in [-0.3, -0.25) is 4.79 Å². The van der Waals surface area contributed by atoms with Gasteiger partial charge >= 0.3 is 5.97 Å². The summed E-state index contributed by atoms with van der Waals surface area (Å²) in [6.07, 6.45) is 0.475. The van der Waals surface area contributed by atoms with E-state index in [4.69, 9.17) is 10.5 Å². The molecule has 5 heteroatoms. The number of esters is 1. The lowest BCUT2D eigenvalue weighted by molar-refractivity contribution is -0.144. The molecule has 0 bridgehead atoms. The van der Waals surface area contributed by atoms with Crippen LogP contribution in [-0.2, 0) is 9.53 Å². The van der Waals surface area contributed by atoms with Crippen molar-refractivity contribution in [1.82, 2.24) is 0 Å². The highest BCUT2D eigenvalue weighted by Gasteiger charge is 2.16. The van der Waals surface area contributed by atoms with E-state index < -0.39 is 12.0 Å². The number of halogens is 1. The van der Waals surface area contributed by atoms with Gasteiger partial charge in [-0.25, -0.2) is 4.39 Å². The maximum Gasteiger partial charge on any atom is 0.322 e. The molecule has 0 saturated heterocycles. The Balaban J connectivity index is 2.56. The third-order valence-corrected chi connectivity index (χ3v) is 2.85. The minimum absolute atomic E-state index is 0.273. The molecule has 4 nitrogen and oxygen atoms in total. The van der Waals surface area contributed by atoms with E-state index in [1.165, 1.54) is 12.1 Å². The molecule has 0 aromatic heterocycles. The number of carbonyl (C=O) groups excluding carboxylic acids is 1. The molecule has 0 aliphatic rings. The highest BCUT2D eigenvalue weighted by molar-refractivity contribution is 5.75. The molecule has 19 heavy (non-hydrogen) atoms. The summed E-state index contributed by atoms with van der Waals surface area (Å²) in [5.74, 6) is -0.663. The van der Waals surface area contributed by atoms with Crippen LogP contribution >= 0.6 is 0 Å². The molecule has 1 atom stereocenters. The van der Waals surface area contributed by atoms with Crippen molar-refractivity contribution < 1.29 is 13.9 Å². The first-order valence-corrected chi connectivity index (χ1v) is 6.51. The van der Waals surface area contributed by atoms with Crippen LogP contribution in [0.4, 0.5) is 10.1 Å². The van der Waals surface area contributed by atoms with Gasteiger partial charge in [0.15, 0.2) is 0 Å². The molecule has 2 N–H and O–H groups in total. The van der Waals surface area contributed by atoms with Gasteiger partial charge in [-0.1, -0.05) is 6.07 Å². The Bertz CT molecular complexity index is 412. The molecular formula is C14H21FN2O2. The van der Waals surface area contributed by atoms with Gasteiger partial charge in [0.1, 0.15) is 11.9 Å². The van der Waals surface area contributed by atoms with Gasteiger partial charge in [-0.2, -0.15) is 0 Å². The molecule has 0 fully saturated rings. The molecule has 1 unspecified atom stereocenters. The van der Waals surface area contributed by atoms with Crippen LogP contribution in [0.5, 0.6) is 0 Å². The fraction of sp³-hybridized carbons (Fsp3) is 0.500. The number of hydrogen-bond acceptors (Lipinski definition) is 4. The minimum Gasteiger partial charge on any atom is -0.465 e. The van der Waals surface area contributed by atoms with Crippen LogP contribution in [0.15, 0.2) is 24.3 Å². The van der Waals surface area contributed by atoms with Gasteiger partial charge in [0.2, 0.25) is 0 Å². The molecule has 1 aromatic rings. The lowest BCUT2D eigenvalue weighted by Gasteiger charge is -2.24. The highest BCUT2D eigenvalue weighted by atomic mass is 19.1. The SMILES string of the molecule is CCOC(=O)C(N)CCN(CC)c1cccc(F)c1. The van der Waals surface area contributed by atoms with Crippen LogP contribution in [0.1, 0.15) is 20.3 Å². The summed E-state index contributed by atoms with van der Waals surface area (Å²) >= 11 is 0. The normalized spacial score (nSPS) is 12.0. The molecule has 0 amide bonds. The minimum atomic E-state index is -0.637. The van der Waals surface area contributed by atoms with Crippen LogP contribution in [0, 0.1) is 5.82 Å². The first-order valence-electron chi connectivity index (χ1n) is 6.51. The average Bonchev–Trinajstić information content (AvgIpc) is 2.39. The zero-order valence-corrected chi connectivity index (χ0v) is 11.4. The Hall–Kier alpha value is -1.62. The number of nitrogens with zero attached hydrogens (tertiary/aromatic N) is 1. The monoisotopic (exact) mass is 268 g/mol. The second-order valence-corrected chi connectivity index (χ2v) is 4.21. The fourth-order valence-corrected chi connectivity index (χ4v) is 1.80. The number of benzene rings is 1. The Labute approximate surface area is 113 Å². The third-order valence-electron chi connectivity index (χ3n) is 2.85. The molecule has 1 rings (SSSR count). The number of nitrogens with two attached hydrogens (primary N) is 1. The lowest BCUT2D eigenvalue weighted by Crippen LogP contribution is -2.37. The Morgan fingerprint density at radius 1 is 1.47 bits per heavy atom. The maximum atomic E-state index is 13.2. The lowest BCUT2D eigenvalue weighted by atomic mass is 10.2. The van der Waals surface area contributed by atoms with E-state index in [0.29, 0.717) is 19.6 Å². The zero-order valence-electron chi connectivity index (χ0n) is 11.4. The van der Waals surface area contributed by atoms with E-state index in [1.807, 2.05) is 17.9 Å². The summed E-state index contributed by atoms with van der Waals surface area (Å²) < 4.78 is 18.0. The number of ether oxygens (including phenoxy) is 1. The molecular weight excluding hydrogens is 247 g/mol. The first kappa shape index (κ1) is 15.4. The van der Waals surface area contributed by atoms with Crippen molar-refractivity contribution >= 4 is 11.7 Å². The smallest absolute Gasteiger partial charge is 0.322 e. The number of carbonyl (C=O) groups is 1. The Kier molecular flexibility index (Phi) is 6.29. The Morgan fingerprint density at radius 2 is 2.21 bits per heavy atom. The molecule has 0 radical (unpaired) electrons. The van der Waals surface area contributed by atoms with E-state index in [9.17, 15) is 9.18 Å². The summed E-state index contributed by atoms with van der Waals surface area (Å²) in [7, 11) is 0. The number of hydrogen-bond donors (Lipinski definition) is 1. The molecule has 0 spiro atoms. The van der Waals surface area contributed by atoms with Crippen molar-refractivity contribution in [2.75, 3.05) is 24.6 Å². The van der Waals surface area contributed by atoms with E-state index in [1.54, 1.807) is 13.0 Å². The summed E-state index contributed by atoms with van der Waals surface area (Å²) in [4.78, 5) is 13.4. The molecule has 0 aliphatic carbocycles. The van der Waals surface area contributed by atoms with Crippen molar-refractivity contribution in [2.24, 2.45) is 5.73 Å². The van der Waals surface area contributed by atoms with Crippen molar-refractivity contribution in [3.63, 3.8) is 0 Å². The van der Waals surface area contributed by atoms with Gasteiger partial charge in [0, 0.05) is 18.8 Å². The average molecular weight is 268 g/mol. The van der Waals surface area contributed by atoms with Gasteiger partial charge in [0.05, 0.1) is 6.61 Å². The molecule has 106 valence electrons. The van der Waals surface area contributed by atoms with Crippen molar-refractivity contribution in [3.8, 4) is 0 Å². The van der Waals surface area contributed by atoms with Gasteiger partial charge < -0.3 is 15.4 Å². The largest absolute Gasteiger partial charge is 0.465 e. The second-order valence-electron chi connectivity index (χ2n) is 4.21. The molecule has 1 aromatic carbocycles. The van der Waals surface area contributed by atoms with Crippen LogP contribution in [0.25, 0.3) is 0 Å². The van der Waals surface area contributed by atoms with Crippen LogP contribution in [-0.4, -0.2) is 31.7 Å². The Morgan fingerprint density at radius 3 is 2.79 bits per heavy atom. The van der Waals surface area contributed by atoms with Crippen LogP contribution in [0.3, 0.4) is 0 Å². The summed E-state index contributed by atoms with van der Waals surface area (Å²) in [5, 5.41) is 0. The number of anilines is 1. The molecule has 0 saturated carbocycles. The van der Waals surface area contributed by atoms with E-state index in [-0.39, 0.29) is 5.82 Å². The fourth-order valence-electron chi connectivity index (χ4n) is 1.80. The first-order chi connectivity index (χ1) is 9.08. The second kappa shape index (κ2) is 7.74. The standard InChI is InChI=1S/C14H21FN2O2/c1-3-17(12-7-5-6-11(15)10-12)9-8-13(16)14(18)19-4-2/h5-7,10,13H,3-4,8-9,16H2,1-2H3.